The van der Waals surface area contributed by atoms with Crippen molar-refractivity contribution >= 4 is 23.7 Å². The van der Waals surface area contributed by atoms with Crippen molar-refractivity contribution in [3.63, 3.8) is 0 Å². The lowest BCUT2D eigenvalue weighted by Crippen LogP contribution is -2.51. The summed E-state index contributed by atoms with van der Waals surface area (Å²) in [4.78, 5) is 48.4. The highest BCUT2D eigenvalue weighted by Crippen LogP contribution is 2.11. The van der Waals surface area contributed by atoms with Gasteiger partial charge in [0.1, 0.15) is 6.04 Å². The molecule has 7 N–H and O–H groups in total. The van der Waals surface area contributed by atoms with Crippen molar-refractivity contribution in [2.45, 2.75) is 97.7 Å². The van der Waals surface area contributed by atoms with Crippen molar-refractivity contribution in [1.29, 1.82) is 0 Å². The van der Waals surface area contributed by atoms with E-state index in [2.05, 4.69) is 27.8 Å². The standard InChI is InChI=1S/C24H45N5O5/c1-7-18(14-23(32)33)27-21(30)10-11-22(31)28-20(13-15(2)3)24(34)29-19(16(4)5)9-8-12-26-17(6)25/h15-16,18-20,26H,6-14,25H2,1-5H3,(H,27,30)(H,28,31)(H,29,34)(H,32,33). The van der Waals surface area contributed by atoms with Gasteiger partial charge in [-0.1, -0.05) is 41.2 Å². The summed E-state index contributed by atoms with van der Waals surface area (Å²) in [6, 6.07) is -1.23. The zero-order chi connectivity index (χ0) is 26.3. The minimum atomic E-state index is -0.992. The second-order valence-corrected chi connectivity index (χ2v) is 9.47. The summed E-state index contributed by atoms with van der Waals surface area (Å²) in [5.41, 5.74) is 5.51. The molecular weight excluding hydrogens is 438 g/mol. The van der Waals surface area contributed by atoms with Crippen LogP contribution >= 0.6 is 0 Å². The Labute approximate surface area is 203 Å². The first-order chi connectivity index (χ1) is 15.8. The van der Waals surface area contributed by atoms with Crippen LogP contribution < -0.4 is 27.0 Å². The summed E-state index contributed by atoms with van der Waals surface area (Å²) >= 11 is 0. The molecule has 0 spiro atoms. The van der Waals surface area contributed by atoms with Crippen LogP contribution in [0.25, 0.3) is 0 Å². The van der Waals surface area contributed by atoms with Crippen molar-refractivity contribution in [3.8, 4) is 0 Å². The number of carbonyl (C=O) groups excluding carboxylic acids is 3. The average molecular weight is 484 g/mol. The molecule has 0 saturated carbocycles. The Kier molecular flexibility index (Phi) is 15.4. The number of nitrogens with one attached hydrogen (secondary N) is 4. The molecule has 0 aliphatic heterocycles. The maximum Gasteiger partial charge on any atom is 0.305 e. The van der Waals surface area contributed by atoms with Crippen LogP contribution in [-0.2, 0) is 19.2 Å². The fourth-order valence-corrected chi connectivity index (χ4v) is 3.43. The highest BCUT2D eigenvalue weighted by molar-refractivity contribution is 5.89. The minimum absolute atomic E-state index is 0.0575. The molecule has 3 atom stereocenters. The van der Waals surface area contributed by atoms with Gasteiger partial charge in [-0.25, -0.2) is 0 Å². The smallest absolute Gasteiger partial charge is 0.305 e. The van der Waals surface area contributed by atoms with E-state index in [4.69, 9.17) is 10.8 Å². The number of hydrogen-bond acceptors (Lipinski definition) is 6. The fourth-order valence-electron chi connectivity index (χ4n) is 3.43. The van der Waals surface area contributed by atoms with Crippen LogP contribution in [0.4, 0.5) is 0 Å². The number of carbonyl (C=O) groups is 4. The van der Waals surface area contributed by atoms with Crippen LogP contribution in [-0.4, -0.2) is 53.5 Å². The van der Waals surface area contributed by atoms with E-state index in [9.17, 15) is 19.2 Å². The highest BCUT2D eigenvalue weighted by Gasteiger charge is 2.25. The van der Waals surface area contributed by atoms with Gasteiger partial charge in [0, 0.05) is 31.5 Å². The van der Waals surface area contributed by atoms with Crippen LogP contribution in [0.5, 0.6) is 0 Å². The van der Waals surface area contributed by atoms with Crippen LogP contribution in [0, 0.1) is 11.8 Å². The fraction of sp³-hybridized carbons (Fsp3) is 0.750. The van der Waals surface area contributed by atoms with Crippen molar-refractivity contribution in [2.24, 2.45) is 17.6 Å². The quantitative estimate of drug-likeness (QED) is 0.161. The van der Waals surface area contributed by atoms with Crippen LogP contribution in [0.2, 0.25) is 0 Å². The van der Waals surface area contributed by atoms with Gasteiger partial charge in [0.2, 0.25) is 17.7 Å². The molecule has 3 amide bonds. The number of rotatable bonds is 18. The summed E-state index contributed by atoms with van der Waals surface area (Å²) in [6.45, 7) is 14.0. The van der Waals surface area contributed by atoms with Crippen LogP contribution in [0.15, 0.2) is 12.4 Å². The average Bonchev–Trinajstić information content (AvgIpc) is 2.72. The van der Waals surface area contributed by atoms with Gasteiger partial charge >= 0.3 is 5.97 Å². The predicted molar refractivity (Wildman–Crippen MR) is 132 cm³/mol. The van der Waals surface area contributed by atoms with E-state index in [0.717, 1.165) is 12.8 Å². The molecule has 0 aliphatic rings. The van der Waals surface area contributed by atoms with Gasteiger partial charge in [0.05, 0.1) is 12.2 Å². The first kappa shape index (κ1) is 31.2. The molecular formula is C24H45N5O5. The molecule has 10 heteroatoms. The van der Waals surface area contributed by atoms with E-state index in [1.54, 1.807) is 6.92 Å². The number of amides is 3. The molecule has 0 fully saturated rings. The highest BCUT2D eigenvalue weighted by atomic mass is 16.4. The van der Waals surface area contributed by atoms with E-state index in [-0.39, 0.29) is 49.0 Å². The first-order valence-corrected chi connectivity index (χ1v) is 12.1. The number of carboxylic acids is 1. The number of aliphatic carboxylic acids is 1. The number of hydrogen-bond donors (Lipinski definition) is 6. The molecule has 3 unspecified atom stereocenters. The lowest BCUT2D eigenvalue weighted by molar-refractivity contribution is -0.138. The number of carboxylic acid groups (broad SMARTS) is 1. The molecule has 196 valence electrons. The van der Waals surface area contributed by atoms with Crippen molar-refractivity contribution in [3.05, 3.63) is 12.4 Å². The zero-order valence-corrected chi connectivity index (χ0v) is 21.4. The Morgan fingerprint density at radius 1 is 0.971 bits per heavy atom. The summed E-state index contributed by atoms with van der Waals surface area (Å²) < 4.78 is 0. The molecule has 0 aromatic carbocycles. The third-order valence-electron chi connectivity index (χ3n) is 5.39. The Morgan fingerprint density at radius 2 is 1.56 bits per heavy atom. The first-order valence-electron chi connectivity index (χ1n) is 12.1. The van der Waals surface area contributed by atoms with E-state index < -0.39 is 24.0 Å². The van der Waals surface area contributed by atoms with E-state index in [0.29, 0.717) is 25.2 Å². The second kappa shape index (κ2) is 16.8. The lowest BCUT2D eigenvalue weighted by Gasteiger charge is -2.27. The largest absolute Gasteiger partial charge is 0.481 e. The summed E-state index contributed by atoms with van der Waals surface area (Å²) in [5, 5.41) is 20.3. The Bertz CT molecular complexity index is 681. The third kappa shape index (κ3) is 15.1. The monoisotopic (exact) mass is 483 g/mol. The van der Waals surface area contributed by atoms with Gasteiger partial charge in [-0.15, -0.1) is 0 Å². The molecule has 0 rings (SSSR count). The van der Waals surface area contributed by atoms with Crippen molar-refractivity contribution in [1.82, 2.24) is 21.3 Å². The van der Waals surface area contributed by atoms with Gasteiger partial charge in [0.25, 0.3) is 0 Å². The second-order valence-electron chi connectivity index (χ2n) is 9.47. The molecule has 0 aromatic rings. The molecule has 10 nitrogen and oxygen atoms in total. The topological polar surface area (TPSA) is 163 Å². The molecule has 0 heterocycles. The zero-order valence-electron chi connectivity index (χ0n) is 21.4. The Hall–Kier alpha value is -2.78. The molecule has 0 saturated heterocycles. The maximum atomic E-state index is 13.0. The van der Waals surface area contributed by atoms with Gasteiger partial charge in [-0.3, -0.25) is 19.2 Å². The molecule has 0 radical (unpaired) electrons. The van der Waals surface area contributed by atoms with E-state index in [1.807, 2.05) is 27.7 Å². The Balaban J connectivity index is 4.85. The third-order valence-corrected chi connectivity index (χ3v) is 5.39. The SMILES string of the molecule is C=C(N)NCCCC(NC(=O)C(CC(C)C)NC(=O)CCC(=O)NC(CC)CC(=O)O)C(C)C. The Morgan fingerprint density at radius 3 is 2.03 bits per heavy atom. The predicted octanol–water partition coefficient (Wildman–Crippen LogP) is 1.61. The summed E-state index contributed by atoms with van der Waals surface area (Å²) in [7, 11) is 0. The lowest BCUT2D eigenvalue weighted by atomic mass is 9.97. The van der Waals surface area contributed by atoms with Gasteiger partial charge in [0.15, 0.2) is 0 Å². The molecule has 0 bridgehead atoms. The van der Waals surface area contributed by atoms with Crippen LogP contribution in [0.3, 0.4) is 0 Å². The number of nitrogens with two attached hydrogens (primary N) is 1. The van der Waals surface area contributed by atoms with Crippen molar-refractivity contribution < 1.29 is 24.3 Å². The minimum Gasteiger partial charge on any atom is -0.481 e. The van der Waals surface area contributed by atoms with E-state index >= 15 is 0 Å². The van der Waals surface area contributed by atoms with Crippen molar-refractivity contribution in [2.75, 3.05) is 6.54 Å². The maximum absolute atomic E-state index is 13.0. The molecule has 34 heavy (non-hydrogen) atoms. The van der Waals surface area contributed by atoms with Gasteiger partial charge in [-0.05, 0) is 37.5 Å². The molecule has 0 aromatic heterocycles. The summed E-state index contributed by atoms with van der Waals surface area (Å²) in [6.07, 6.45) is 2.18. The summed E-state index contributed by atoms with van der Waals surface area (Å²) in [5.74, 6) is -1.22. The van der Waals surface area contributed by atoms with Gasteiger partial charge in [-0.2, -0.15) is 0 Å². The normalized spacial score (nSPS) is 13.6. The van der Waals surface area contributed by atoms with Gasteiger partial charge < -0.3 is 32.1 Å². The van der Waals surface area contributed by atoms with E-state index in [1.165, 1.54) is 0 Å². The molecule has 0 aliphatic carbocycles. The van der Waals surface area contributed by atoms with Crippen LogP contribution in [0.1, 0.15) is 79.6 Å².